The lowest BCUT2D eigenvalue weighted by atomic mass is 10.2. The van der Waals surface area contributed by atoms with Gasteiger partial charge in [0.25, 0.3) is 5.56 Å². The van der Waals surface area contributed by atoms with Gasteiger partial charge in [0.05, 0.1) is 31.3 Å². The van der Waals surface area contributed by atoms with Crippen molar-refractivity contribution in [3.8, 4) is 22.9 Å². The maximum absolute atomic E-state index is 13.4. The summed E-state index contributed by atoms with van der Waals surface area (Å²) in [5, 5.41) is 5.07. The lowest BCUT2D eigenvalue weighted by molar-refractivity contribution is -0.147. The van der Waals surface area contributed by atoms with Crippen molar-refractivity contribution in [1.82, 2.24) is 9.66 Å². The number of para-hydroxylation sites is 1. The van der Waals surface area contributed by atoms with E-state index in [1.165, 1.54) is 32.0 Å². The van der Waals surface area contributed by atoms with Crippen LogP contribution in [0.1, 0.15) is 12.5 Å². The van der Waals surface area contributed by atoms with E-state index in [0.29, 0.717) is 26.8 Å². The summed E-state index contributed by atoms with van der Waals surface area (Å²) in [4.78, 5) is 29.9. The Kier molecular flexibility index (Phi) is 7.71. The molecule has 0 saturated carbocycles. The zero-order valence-electron chi connectivity index (χ0n) is 19.6. The first kappa shape index (κ1) is 25.4. The zero-order chi connectivity index (χ0) is 25.8. The number of esters is 1. The SMILES string of the molecule is COC(=O)[C@H](C)Oc1c(OC)cc(C=Nn2c(-c3ccccc3)nc3ccccc3c2=O)c(Br)c1Cl. The highest BCUT2D eigenvalue weighted by molar-refractivity contribution is 9.10. The second kappa shape index (κ2) is 10.9. The Bertz CT molecular complexity index is 1520. The lowest BCUT2D eigenvalue weighted by Crippen LogP contribution is -2.25. The van der Waals surface area contributed by atoms with Gasteiger partial charge in [0.2, 0.25) is 0 Å². The summed E-state index contributed by atoms with van der Waals surface area (Å²) in [6.45, 7) is 1.54. The molecule has 3 aromatic carbocycles. The van der Waals surface area contributed by atoms with Crippen molar-refractivity contribution in [3.05, 3.63) is 86.1 Å². The van der Waals surface area contributed by atoms with Crippen molar-refractivity contribution in [3.63, 3.8) is 0 Å². The largest absolute Gasteiger partial charge is 0.493 e. The number of hydrogen-bond acceptors (Lipinski definition) is 7. The van der Waals surface area contributed by atoms with E-state index in [1.54, 1.807) is 24.3 Å². The molecule has 0 aliphatic carbocycles. The van der Waals surface area contributed by atoms with Gasteiger partial charge in [-0.25, -0.2) is 9.78 Å². The first-order chi connectivity index (χ1) is 17.3. The molecule has 0 aliphatic rings. The molecule has 0 spiro atoms. The third-order valence-electron chi connectivity index (χ3n) is 5.30. The quantitative estimate of drug-likeness (QED) is 0.221. The number of methoxy groups -OCH3 is 2. The highest BCUT2D eigenvalue weighted by Gasteiger charge is 2.23. The number of aromatic nitrogens is 2. The number of nitrogens with zero attached hydrogens (tertiary/aromatic N) is 3. The molecule has 36 heavy (non-hydrogen) atoms. The molecule has 0 fully saturated rings. The smallest absolute Gasteiger partial charge is 0.346 e. The molecule has 0 amide bonds. The number of hydrogen-bond donors (Lipinski definition) is 0. The standard InChI is InChI=1S/C26H21BrClN3O5/c1-15(26(33)35-3)36-23-20(34-2)13-17(21(27)22(23)28)14-29-31-24(16-9-5-4-6-10-16)30-19-12-8-7-11-18(19)25(31)32/h4-15H,1-3H3/t15-/m0/s1. The van der Waals surface area contributed by atoms with Gasteiger partial charge in [0, 0.05) is 15.6 Å². The Labute approximate surface area is 220 Å². The summed E-state index contributed by atoms with van der Waals surface area (Å²) in [6, 6.07) is 18.0. The molecule has 1 aromatic heterocycles. The van der Waals surface area contributed by atoms with Crippen LogP contribution in [0.25, 0.3) is 22.3 Å². The second-order valence-electron chi connectivity index (χ2n) is 7.59. The van der Waals surface area contributed by atoms with Gasteiger partial charge in [-0.15, -0.1) is 0 Å². The van der Waals surface area contributed by atoms with Crippen LogP contribution in [0.4, 0.5) is 0 Å². The van der Waals surface area contributed by atoms with Gasteiger partial charge >= 0.3 is 5.97 Å². The van der Waals surface area contributed by atoms with Crippen LogP contribution in [0.3, 0.4) is 0 Å². The summed E-state index contributed by atoms with van der Waals surface area (Å²) in [5.41, 5.74) is 1.48. The molecule has 184 valence electrons. The third kappa shape index (κ3) is 4.98. The van der Waals surface area contributed by atoms with Crippen LogP contribution >= 0.6 is 27.5 Å². The summed E-state index contributed by atoms with van der Waals surface area (Å²) in [6.07, 6.45) is 0.555. The zero-order valence-corrected chi connectivity index (χ0v) is 21.9. The molecule has 1 atom stereocenters. The summed E-state index contributed by atoms with van der Waals surface area (Å²) >= 11 is 10.0. The van der Waals surface area contributed by atoms with Crippen molar-refractivity contribution in [2.75, 3.05) is 14.2 Å². The predicted molar refractivity (Wildman–Crippen MR) is 142 cm³/mol. The Morgan fingerprint density at radius 2 is 1.83 bits per heavy atom. The Morgan fingerprint density at radius 1 is 1.14 bits per heavy atom. The van der Waals surface area contributed by atoms with Crippen LogP contribution in [-0.4, -0.2) is 42.2 Å². The molecule has 0 unspecified atom stereocenters. The van der Waals surface area contributed by atoms with Crippen LogP contribution in [0.5, 0.6) is 11.5 Å². The molecule has 0 bridgehead atoms. The van der Waals surface area contributed by atoms with Crippen LogP contribution in [-0.2, 0) is 9.53 Å². The fourth-order valence-corrected chi connectivity index (χ4v) is 4.12. The average Bonchev–Trinajstić information content (AvgIpc) is 2.91. The highest BCUT2D eigenvalue weighted by atomic mass is 79.9. The van der Waals surface area contributed by atoms with Gasteiger partial charge in [-0.2, -0.15) is 9.78 Å². The molecule has 0 saturated heterocycles. The monoisotopic (exact) mass is 569 g/mol. The summed E-state index contributed by atoms with van der Waals surface area (Å²) in [7, 11) is 2.71. The van der Waals surface area contributed by atoms with Crippen LogP contribution < -0.4 is 15.0 Å². The van der Waals surface area contributed by atoms with E-state index in [-0.39, 0.29) is 22.1 Å². The van der Waals surface area contributed by atoms with Crippen molar-refractivity contribution in [2.45, 2.75) is 13.0 Å². The van der Waals surface area contributed by atoms with Gasteiger partial charge in [0.15, 0.2) is 23.4 Å². The topological polar surface area (TPSA) is 92.0 Å². The van der Waals surface area contributed by atoms with Crippen LogP contribution in [0.15, 0.2) is 75.0 Å². The van der Waals surface area contributed by atoms with E-state index in [4.69, 9.17) is 25.8 Å². The van der Waals surface area contributed by atoms with Crippen molar-refractivity contribution in [1.29, 1.82) is 0 Å². The third-order valence-corrected chi connectivity index (χ3v) is 6.74. The van der Waals surface area contributed by atoms with Crippen LogP contribution in [0, 0.1) is 0 Å². The Morgan fingerprint density at radius 3 is 2.53 bits per heavy atom. The summed E-state index contributed by atoms with van der Waals surface area (Å²) in [5.74, 6) is 0.256. The van der Waals surface area contributed by atoms with E-state index < -0.39 is 12.1 Å². The van der Waals surface area contributed by atoms with E-state index in [1.807, 2.05) is 36.4 Å². The number of halogens is 2. The van der Waals surface area contributed by atoms with Crippen molar-refractivity contribution < 1.29 is 19.0 Å². The highest BCUT2D eigenvalue weighted by Crippen LogP contribution is 2.42. The first-order valence-corrected chi connectivity index (χ1v) is 11.9. The van der Waals surface area contributed by atoms with Gasteiger partial charge < -0.3 is 14.2 Å². The number of carbonyl (C=O) groups excluding carboxylic acids is 1. The molecule has 4 rings (SSSR count). The normalized spacial score (nSPS) is 12.0. The number of benzene rings is 3. The molecule has 0 radical (unpaired) electrons. The maximum atomic E-state index is 13.4. The number of rotatable bonds is 7. The molecular weight excluding hydrogens is 550 g/mol. The lowest BCUT2D eigenvalue weighted by Gasteiger charge is -2.18. The maximum Gasteiger partial charge on any atom is 0.346 e. The molecule has 8 nitrogen and oxygen atoms in total. The molecule has 0 aliphatic heterocycles. The number of fused-ring (bicyclic) bond motifs is 1. The van der Waals surface area contributed by atoms with Crippen LogP contribution in [0.2, 0.25) is 5.02 Å². The van der Waals surface area contributed by atoms with Crippen molar-refractivity contribution >= 4 is 50.6 Å². The van der Waals surface area contributed by atoms with E-state index >= 15 is 0 Å². The molecule has 0 N–H and O–H groups in total. The predicted octanol–water partition coefficient (Wildman–Crippen LogP) is 5.31. The fraction of sp³-hybridized carbons (Fsp3) is 0.154. The number of carbonyl (C=O) groups is 1. The fourth-order valence-electron chi connectivity index (χ4n) is 3.48. The Balaban J connectivity index is 1.83. The van der Waals surface area contributed by atoms with Gasteiger partial charge in [0.1, 0.15) is 5.02 Å². The van der Waals surface area contributed by atoms with Gasteiger partial charge in [-0.3, -0.25) is 4.79 Å². The van der Waals surface area contributed by atoms with E-state index in [2.05, 4.69) is 26.0 Å². The van der Waals surface area contributed by atoms with E-state index in [9.17, 15) is 9.59 Å². The van der Waals surface area contributed by atoms with Gasteiger partial charge in [-0.05, 0) is 41.1 Å². The Hall–Kier alpha value is -3.69. The molecule has 10 heteroatoms. The molecular formula is C26H21BrClN3O5. The van der Waals surface area contributed by atoms with E-state index in [0.717, 1.165) is 5.56 Å². The first-order valence-electron chi connectivity index (χ1n) is 10.8. The minimum atomic E-state index is -0.913. The molecule has 1 heterocycles. The van der Waals surface area contributed by atoms with Gasteiger partial charge in [-0.1, -0.05) is 54.1 Å². The second-order valence-corrected chi connectivity index (χ2v) is 8.76. The minimum Gasteiger partial charge on any atom is -0.493 e. The summed E-state index contributed by atoms with van der Waals surface area (Å²) < 4.78 is 17.5. The average molecular weight is 571 g/mol. The molecule has 4 aromatic rings. The van der Waals surface area contributed by atoms with Crippen molar-refractivity contribution in [2.24, 2.45) is 5.10 Å². The minimum absolute atomic E-state index is 0.163. The number of ether oxygens (including phenoxy) is 3.